The number of nitro groups is 2. The van der Waals surface area contributed by atoms with Crippen molar-refractivity contribution in [2.45, 2.75) is 21.5 Å². The molecule has 0 amide bonds. The van der Waals surface area contributed by atoms with Crippen LogP contribution in [0.4, 0.5) is 11.4 Å². The van der Waals surface area contributed by atoms with Crippen LogP contribution >= 0.6 is 46.4 Å². The molecule has 0 aliphatic carbocycles. The number of hydrogen-bond donors (Lipinski definition) is 0. The smallest absolute Gasteiger partial charge is 0.258 e. The number of benzene rings is 3. The molecule has 0 unspecified atom stereocenters. The Bertz CT molecular complexity index is 1320. The molecule has 0 fully saturated rings. The van der Waals surface area contributed by atoms with Crippen LogP contribution in [0.2, 0.25) is 0 Å². The molecule has 3 aromatic carbocycles. The maximum absolute atomic E-state index is 11.5. The van der Waals surface area contributed by atoms with Gasteiger partial charge in [-0.3, -0.25) is 20.2 Å². The van der Waals surface area contributed by atoms with Crippen molar-refractivity contribution in [1.82, 2.24) is 0 Å². The fourth-order valence-corrected chi connectivity index (χ4v) is 4.77. The largest absolute Gasteiger partial charge is 0.275 e. The Morgan fingerprint density at radius 1 is 0.639 bits per heavy atom. The van der Waals surface area contributed by atoms with Gasteiger partial charge in [-0.2, -0.15) is 10.5 Å². The van der Waals surface area contributed by atoms with Crippen LogP contribution in [0, 0.1) is 42.9 Å². The van der Waals surface area contributed by atoms with E-state index in [0.29, 0.717) is 11.1 Å². The van der Waals surface area contributed by atoms with Crippen LogP contribution in [-0.2, 0) is 0 Å². The Morgan fingerprint density at radius 3 is 1.36 bits per heavy atom. The van der Waals surface area contributed by atoms with Crippen molar-refractivity contribution in [2.75, 3.05) is 0 Å². The molecule has 0 bridgehead atoms. The highest BCUT2D eigenvalue weighted by Crippen LogP contribution is 2.46. The summed E-state index contributed by atoms with van der Waals surface area (Å²) >= 11 is 26.3. The Morgan fingerprint density at radius 2 is 1.03 bits per heavy atom. The molecule has 12 heteroatoms. The lowest BCUT2D eigenvalue weighted by atomic mass is 9.96. The van der Waals surface area contributed by atoms with E-state index in [-0.39, 0.29) is 33.6 Å². The molecule has 36 heavy (non-hydrogen) atoms. The molecule has 0 spiro atoms. The van der Waals surface area contributed by atoms with Crippen LogP contribution in [0.5, 0.6) is 0 Å². The van der Waals surface area contributed by atoms with E-state index in [4.69, 9.17) is 56.9 Å². The van der Waals surface area contributed by atoms with Gasteiger partial charge in [-0.05, 0) is 35.4 Å². The molecule has 0 aliphatic rings. The monoisotopic (exact) mass is 562 g/mol. The number of alkyl halides is 4. The lowest BCUT2D eigenvalue weighted by Gasteiger charge is -2.21. The van der Waals surface area contributed by atoms with Crippen molar-refractivity contribution in [2.24, 2.45) is 0 Å². The number of rotatable bonds is 8. The number of nitro benzene ring substituents is 2. The topological polar surface area (TPSA) is 134 Å². The first-order chi connectivity index (χ1) is 17.1. The van der Waals surface area contributed by atoms with Crippen LogP contribution in [0.3, 0.4) is 0 Å². The van der Waals surface area contributed by atoms with E-state index >= 15 is 0 Å². The number of nitrogens with zero attached hydrogens (tertiary/aromatic N) is 4. The lowest BCUT2D eigenvalue weighted by molar-refractivity contribution is -0.385. The van der Waals surface area contributed by atoms with Gasteiger partial charge >= 0.3 is 0 Å². The fraction of sp³-hybridized carbons (Fsp3) is 0.167. The first-order valence-electron chi connectivity index (χ1n) is 10.1. The van der Waals surface area contributed by atoms with Crippen LogP contribution < -0.4 is 0 Å². The maximum atomic E-state index is 11.5. The second kappa shape index (κ2) is 11.6. The molecule has 3 aromatic rings. The number of nitriles is 2. The van der Waals surface area contributed by atoms with Crippen molar-refractivity contribution in [3.8, 4) is 12.1 Å². The van der Waals surface area contributed by atoms with Crippen molar-refractivity contribution in [3.63, 3.8) is 0 Å². The fourth-order valence-electron chi connectivity index (χ4n) is 3.56. The summed E-state index contributed by atoms with van der Waals surface area (Å²) in [6, 6.07) is 18.1. The normalized spacial score (nSPS) is 14.1. The zero-order valence-corrected chi connectivity index (χ0v) is 21.0. The van der Waals surface area contributed by atoms with Gasteiger partial charge in [-0.15, -0.1) is 46.4 Å². The summed E-state index contributed by atoms with van der Waals surface area (Å²) in [6.07, 6.45) is 0. The van der Waals surface area contributed by atoms with Gasteiger partial charge in [0.15, 0.2) is 0 Å². The summed E-state index contributed by atoms with van der Waals surface area (Å²) in [7, 11) is 0. The molecule has 3 rings (SSSR count). The van der Waals surface area contributed by atoms with Gasteiger partial charge in [0.2, 0.25) is 0 Å². The SMILES string of the molecule is N#Cc1ccc([C@H](Cl)[C@H](Cl)c2cccc([C@@H](Cl)[C@@H](Cl)c3ccc(C#N)cc3[N+](=O)[O-])c2)c([N+](=O)[O-])c1. The molecule has 0 aliphatic heterocycles. The average molecular weight is 564 g/mol. The molecule has 0 radical (unpaired) electrons. The van der Waals surface area contributed by atoms with Gasteiger partial charge in [0.1, 0.15) is 0 Å². The number of halogens is 4. The molecule has 0 saturated carbocycles. The maximum Gasteiger partial charge on any atom is 0.275 e. The predicted octanol–water partition coefficient (Wildman–Crippen LogP) is 7.77. The predicted molar refractivity (Wildman–Crippen MR) is 136 cm³/mol. The minimum Gasteiger partial charge on any atom is -0.258 e. The summed E-state index contributed by atoms with van der Waals surface area (Å²) in [5, 5.41) is 37.2. The molecular formula is C24H14Cl4N4O4. The Labute approximate surface area is 225 Å². The third-order valence-electron chi connectivity index (χ3n) is 5.37. The van der Waals surface area contributed by atoms with Crippen molar-refractivity contribution >= 4 is 57.8 Å². The highest BCUT2D eigenvalue weighted by molar-refractivity contribution is 6.31. The van der Waals surface area contributed by atoms with Crippen molar-refractivity contribution in [1.29, 1.82) is 10.5 Å². The molecule has 4 atom stereocenters. The van der Waals surface area contributed by atoms with E-state index in [2.05, 4.69) is 0 Å². The highest BCUT2D eigenvalue weighted by Gasteiger charge is 2.31. The van der Waals surface area contributed by atoms with Crippen molar-refractivity contribution < 1.29 is 9.85 Å². The number of hydrogen-bond acceptors (Lipinski definition) is 6. The van der Waals surface area contributed by atoms with Crippen LogP contribution in [0.25, 0.3) is 0 Å². The van der Waals surface area contributed by atoms with Crippen molar-refractivity contribution in [3.05, 3.63) is 114 Å². The van der Waals surface area contributed by atoms with Gasteiger partial charge in [0.05, 0.1) is 54.6 Å². The minimum atomic E-state index is -1.03. The first-order valence-corrected chi connectivity index (χ1v) is 11.9. The molecule has 182 valence electrons. The summed E-state index contributed by atoms with van der Waals surface area (Å²) in [5.74, 6) is 0. The molecule has 8 nitrogen and oxygen atoms in total. The second-order valence-electron chi connectivity index (χ2n) is 7.56. The minimum absolute atomic E-state index is 0.109. The quantitative estimate of drug-likeness (QED) is 0.156. The third-order valence-corrected chi connectivity index (χ3v) is 7.61. The molecular weight excluding hydrogens is 550 g/mol. The molecule has 0 saturated heterocycles. The van der Waals surface area contributed by atoms with Gasteiger partial charge in [0.25, 0.3) is 11.4 Å². The van der Waals surface area contributed by atoms with E-state index in [1.807, 2.05) is 12.1 Å². The molecule has 0 heterocycles. The van der Waals surface area contributed by atoms with Crippen LogP contribution in [0.15, 0.2) is 60.7 Å². The van der Waals surface area contributed by atoms with Gasteiger partial charge < -0.3 is 0 Å². The van der Waals surface area contributed by atoms with Gasteiger partial charge in [0, 0.05) is 23.3 Å². The summed E-state index contributed by atoms with van der Waals surface area (Å²) < 4.78 is 0. The zero-order chi connectivity index (χ0) is 26.6. The Balaban J connectivity index is 1.93. The Hall–Kier alpha value is -3.40. The van der Waals surface area contributed by atoms with Crippen LogP contribution in [0.1, 0.15) is 54.9 Å². The third kappa shape index (κ3) is 5.70. The van der Waals surface area contributed by atoms with Gasteiger partial charge in [-0.1, -0.05) is 24.3 Å². The molecule has 0 N–H and O–H groups in total. The standard InChI is InChI=1S/C24H14Cl4N4O4/c25-21(23(27)17-6-4-13(11-29)8-19(17)31(33)34)15-2-1-3-16(10-15)22(26)24(28)18-7-5-14(12-30)9-20(18)32(35)36/h1-10,21-24H/t21-,22-,23+,24+/m1/s1. The molecule has 0 aromatic heterocycles. The average Bonchev–Trinajstić information content (AvgIpc) is 2.90. The van der Waals surface area contributed by atoms with E-state index < -0.39 is 31.4 Å². The second-order valence-corrected chi connectivity index (χ2v) is 9.44. The van der Waals surface area contributed by atoms with E-state index in [9.17, 15) is 20.2 Å². The van der Waals surface area contributed by atoms with E-state index in [0.717, 1.165) is 12.1 Å². The van der Waals surface area contributed by atoms with E-state index in [1.54, 1.807) is 24.3 Å². The summed E-state index contributed by atoms with van der Waals surface area (Å²) in [4.78, 5) is 21.8. The summed E-state index contributed by atoms with van der Waals surface area (Å²) in [5.41, 5.74) is 0.789. The Kier molecular flexibility index (Phi) is 8.73. The van der Waals surface area contributed by atoms with Crippen LogP contribution in [-0.4, -0.2) is 9.85 Å². The first kappa shape index (κ1) is 27.2. The van der Waals surface area contributed by atoms with E-state index in [1.165, 1.54) is 24.3 Å². The lowest BCUT2D eigenvalue weighted by Crippen LogP contribution is -2.07. The highest BCUT2D eigenvalue weighted by atomic mass is 35.5. The zero-order valence-electron chi connectivity index (χ0n) is 18.0. The van der Waals surface area contributed by atoms with Gasteiger partial charge in [-0.25, -0.2) is 0 Å². The summed E-state index contributed by atoms with van der Waals surface area (Å²) in [6.45, 7) is 0.